The summed E-state index contributed by atoms with van der Waals surface area (Å²) in [7, 11) is 0. The predicted molar refractivity (Wildman–Crippen MR) is 64.4 cm³/mol. The summed E-state index contributed by atoms with van der Waals surface area (Å²) >= 11 is 0. The Bertz CT molecular complexity index is 141. The molecule has 0 spiro atoms. The van der Waals surface area contributed by atoms with Crippen molar-refractivity contribution >= 4 is 0 Å². The highest BCUT2D eigenvalue weighted by atomic mass is 15.0. The zero-order valence-corrected chi connectivity index (χ0v) is 10.6. The van der Waals surface area contributed by atoms with Crippen molar-refractivity contribution in [3.05, 3.63) is 0 Å². The van der Waals surface area contributed by atoms with E-state index in [0.29, 0.717) is 12.0 Å². The number of hydrogen-bond acceptors (Lipinski definition) is 2. The van der Waals surface area contributed by atoms with Gasteiger partial charge in [0.2, 0.25) is 0 Å². The number of nitrogens with one attached hydrogen (secondary N) is 1. The summed E-state index contributed by atoms with van der Waals surface area (Å²) in [6.45, 7) is 11.9. The van der Waals surface area contributed by atoms with Crippen LogP contribution in [0.15, 0.2) is 0 Å². The van der Waals surface area contributed by atoms with Gasteiger partial charge in [-0.15, -0.1) is 0 Å². The van der Waals surface area contributed by atoms with Gasteiger partial charge in [0.15, 0.2) is 0 Å². The second kappa shape index (κ2) is 6.41. The Morgan fingerprint density at radius 1 is 1.21 bits per heavy atom. The third-order valence-electron chi connectivity index (χ3n) is 2.85. The van der Waals surface area contributed by atoms with Gasteiger partial charge in [-0.05, 0) is 32.1 Å². The summed E-state index contributed by atoms with van der Waals surface area (Å²) in [5, 5.41) is 3.69. The third-order valence-corrected chi connectivity index (χ3v) is 2.85. The maximum atomic E-state index is 5.85. The maximum Gasteiger partial charge on any atom is 0.0280 e. The van der Waals surface area contributed by atoms with Crippen molar-refractivity contribution in [3.8, 4) is 0 Å². The molecule has 0 aromatic heterocycles. The fraction of sp³-hybridized carbons (Fsp3) is 1.00. The maximum absolute atomic E-state index is 5.85. The second-order valence-electron chi connectivity index (χ2n) is 5.02. The Labute approximate surface area is 89.6 Å². The Hall–Kier alpha value is -0.0800. The van der Waals surface area contributed by atoms with Crippen LogP contribution in [-0.4, -0.2) is 18.1 Å². The summed E-state index contributed by atoms with van der Waals surface area (Å²) in [5.74, 6) is 0.699. The van der Waals surface area contributed by atoms with Crippen LogP contribution >= 0.6 is 0 Å². The summed E-state index contributed by atoms with van der Waals surface area (Å²) in [5.41, 5.74) is 5.97. The summed E-state index contributed by atoms with van der Waals surface area (Å²) < 4.78 is 0. The fourth-order valence-corrected chi connectivity index (χ4v) is 2.09. The molecular weight excluding hydrogens is 172 g/mol. The lowest BCUT2D eigenvalue weighted by Gasteiger charge is -2.35. The summed E-state index contributed by atoms with van der Waals surface area (Å²) in [6.07, 6.45) is 3.52. The van der Waals surface area contributed by atoms with Gasteiger partial charge in [-0.25, -0.2) is 0 Å². The van der Waals surface area contributed by atoms with Crippen LogP contribution in [-0.2, 0) is 0 Å². The molecule has 0 radical (unpaired) electrons. The Balaban J connectivity index is 4.22. The van der Waals surface area contributed by atoms with E-state index in [1.165, 1.54) is 12.8 Å². The van der Waals surface area contributed by atoms with Gasteiger partial charge in [0.05, 0.1) is 0 Å². The van der Waals surface area contributed by atoms with Gasteiger partial charge in [-0.1, -0.05) is 27.7 Å². The molecular formula is C12H28N2. The number of nitrogens with two attached hydrogens (primary N) is 1. The highest BCUT2D eigenvalue weighted by Gasteiger charge is 2.25. The minimum Gasteiger partial charge on any atom is -0.329 e. The quantitative estimate of drug-likeness (QED) is 0.663. The van der Waals surface area contributed by atoms with Crippen LogP contribution in [0.1, 0.15) is 53.9 Å². The number of hydrogen-bond donors (Lipinski definition) is 2. The SMILES string of the molecule is CCC(CC)NC(C)(CN)CC(C)C. The molecule has 3 N–H and O–H groups in total. The zero-order chi connectivity index (χ0) is 11.2. The molecule has 0 saturated heterocycles. The topological polar surface area (TPSA) is 38.0 Å². The van der Waals surface area contributed by atoms with Gasteiger partial charge >= 0.3 is 0 Å². The molecule has 1 atom stereocenters. The molecule has 0 aromatic carbocycles. The molecule has 2 nitrogen and oxygen atoms in total. The molecule has 2 heteroatoms. The van der Waals surface area contributed by atoms with E-state index in [4.69, 9.17) is 5.73 Å². The zero-order valence-electron chi connectivity index (χ0n) is 10.6. The van der Waals surface area contributed by atoms with Crippen LogP contribution in [0.25, 0.3) is 0 Å². The van der Waals surface area contributed by atoms with Crippen molar-refractivity contribution in [2.75, 3.05) is 6.54 Å². The lowest BCUT2D eigenvalue weighted by Crippen LogP contribution is -2.53. The highest BCUT2D eigenvalue weighted by Crippen LogP contribution is 2.17. The predicted octanol–water partition coefficient (Wildman–Crippen LogP) is 2.53. The van der Waals surface area contributed by atoms with Crippen molar-refractivity contribution in [2.45, 2.75) is 65.5 Å². The van der Waals surface area contributed by atoms with Gasteiger partial charge in [0, 0.05) is 18.1 Å². The molecule has 0 saturated carbocycles. The minimum atomic E-state index is 0.116. The molecule has 86 valence electrons. The molecule has 14 heavy (non-hydrogen) atoms. The van der Waals surface area contributed by atoms with E-state index in [-0.39, 0.29) is 5.54 Å². The van der Waals surface area contributed by atoms with E-state index < -0.39 is 0 Å². The lowest BCUT2D eigenvalue weighted by atomic mass is 9.89. The Morgan fingerprint density at radius 2 is 1.71 bits per heavy atom. The van der Waals surface area contributed by atoms with Gasteiger partial charge in [-0.2, -0.15) is 0 Å². The van der Waals surface area contributed by atoms with Crippen LogP contribution in [0, 0.1) is 5.92 Å². The van der Waals surface area contributed by atoms with E-state index in [2.05, 4.69) is 39.9 Å². The normalized spacial score (nSPS) is 16.3. The Morgan fingerprint density at radius 3 is 2.00 bits per heavy atom. The van der Waals surface area contributed by atoms with Crippen molar-refractivity contribution in [1.82, 2.24) is 5.32 Å². The summed E-state index contributed by atoms with van der Waals surface area (Å²) in [4.78, 5) is 0. The molecule has 0 heterocycles. The van der Waals surface area contributed by atoms with Gasteiger partial charge < -0.3 is 11.1 Å². The van der Waals surface area contributed by atoms with Crippen molar-refractivity contribution in [3.63, 3.8) is 0 Å². The molecule has 1 unspecified atom stereocenters. The summed E-state index contributed by atoms with van der Waals surface area (Å²) in [6, 6.07) is 0.613. The van der Waals surface area contributed by atoms with Gasteiger partial charge in [-0.3, -0.25) is 0 Å². The van der Waals surface area contributed by atoms with Gasteiger partial charge in [0.25, 0.3) is 0 Å². The number of rotatable bonds is 7. The molecule has 0 amide bonds. The molecule has 0 aromatic rings. The van der Waals surface area contributed by atoms with Crippen LogP contribution in [0.4, 0.5) is 0 Å². The van der Waals surface area contributed by atoms with E-state index in [1.807, 2.05) is 0 Å². The molecule has 0 fully saturated rings. The molecule has 0 bridgehead atoms. The van der Waals surface area contributed by atoms with Crippen LogP contribution in [0.2, 0.25) is 0 Å². The smallest absolute Gasteiger partial charge is 0.0280 e. The molecule has 0 aliphatic heterocycles. The van der Waals surface area contributed by atoms with Crippen LogP contribution in [0.5, 0.6) is 0 Å². The largest absolute Gasteiger partial charge is 0.329 e. The van der Waals surface area contributed by atoms with Crippen molar-refractivity contribution < 1.29 is 0 Å². The molecule has 0 rings (SSSR count). The minimum absolute atomic E-state index is 0.116. The van der Waals surface area contributed by atoms with Gasteiger partial charge in [0.1, 0.15) is 0 Å². The third kappa shape index (κ3) is 4.97. The van der Waals surface area contributed by atoms with Crippen molar-refractivity contribution in [1.29, 1.82) is 0 Å². The lowest BCUT2D eigenvalue weighted by molar-refractivity contribution is 0.259. The van der Waals surface area contributed by atoms with Crippen LogP contribution < -0.4 is 11.1 Å². The standard InChI is InChI=1S/C12H28N2/c1-6-11(7-2)14-12(5,9-13)8-10(3)4/h10-11,14H,6-9,13H2,1-5H3. The van der Waals surface area contributed by atoms with Crippen LogP contribution in [0.3, 0.4) is 0 Å². The Kier molecular flexibility index (Phi) is 6.38. The first-order valence-electron chi connectivity index (χ1n) is 5.95. The first kappa shape index (κ1) is 13.9. The molecule has 0 aliphatic rings. The van der Waals surface area contributed by atoms with E-state index in [1.54, 1.807) is 0 Å². The van der Waals surface area contributed by atoms with Crippen molar-refractivity contribution in [2.24, 2.45) is 11.7 Å². The average Bonchev–Trinajstić information content (AvgIpc) is 2.13. The van der Waals surface area contributed by atoms with E-state index in [0.717, 1.165) is 13.0 Å². The second-order valence-corrected chi connectivity index (χ2v) is 5.02. The first-order valence-corrected chi connectivity index (χ1v) is 5.95. The highest BCUT2D eigenvalue weighted by molar-refractivity contribution is 4.87. The van der Waals surface area contributed by atoms with E-state index in [9.17, 15) is 0 Å². The van der Waals surface area contributed by atoms with E-state index >= 15 is 0 Å². The fourth-order valence-electron chi connectivity index (χ4n) is 2.09. The molecule has 0 aliphatic carbocycles. The first-order chi connectivity index (χ1) is 6.47. The monoisotopic (exact) mass is 200 g/mol. The average molecular weight is 200 g/mol.